The minimum atomic E-state index is -3.75. The molecule has 0 aliphatic rings. The standard InChI is InChI=1S/C26H37N3O5S/c1-6-8-16-27-26(31)24(7-2)28(18-21-12-14-23(34-4)15-13-21)25(30)19-29(35(5,32)33)22-11-9-10-20(3)17-22/h9-15,17,24H,6-8,16,18-19H2,1-5H3,(H,27,31)/t24-/m0/s1. The predicted molar refractivity (Wildman–Crippen MR) is 139 cm³/mol. The van der Waals surface area contributed by atoms with Crippen molar-refractivity contribution >= 4 is 27.5 Å². The van der Waals surface area contributed by atoms with Gasteiger partial charge in [0, 0.05) is 13.1 Å². The third kappa shape index (κ3) is 8.28. The Balaban J connectivity index is 2.39. The highest BCUT2D eigenvalue weighted by molar-refractivity contribution is 7.92. The van der Waals surface area contributed by atoms with Gasteiger partial charge in [-0.2, -0.15) is 0 Å². The maximum Gasteiger partial charge on any atom is 0.244 e. The van der Waals surface area contributed by atoms with E-state index in [0.717, 1.165) is 34.5 Å². The molecule has 0 radical (unpaired) electrons. The lowest BCUT2D eigenvalue weighted by molar-refractivity contribution is -0.140. The fraction of sp³-hybridized carbons (Fsp3) is 0.462. The van der Waals surface area contributed by atoms with Crippen LogP contribution < -0.4 is 14.4 Å². The van der Waals surface area contributed by atoms with E-state index in [4.69, 9.17) is 4.74 Å². The summed E-state index contributed by atoms with van der Waals surface area (Å²) < 4.78 is 31.6. The quantitative estimate of drug-likeness (QED) is 0.422. The van der Waals surface area contributed by atoms with Gasteiger partial charge in [-0.15, -0.1) is 0 Å². The number of ether oxygens (including phenoxy) is 1. The van der Waals surface area contributed by atoms with Crippen LogP contribution in [0.3, 0.4) is 0 Å². The lowest BCUT2D eigenvalue weighted by Crippen LogP contribution is -2.52. The molecule has 0 aliphatic heterocycles. The van der Waals surface area contributed by atoms with Crippen LogP contribution in [0.5, 0.6) is 5.75 Å². The normalized spacial score (nSPS) is 12.0. The minimum absolute atomic E-state index is 0.161. The Labute approximate surface area is 209 Å². The van der Waals surface area contributed by atoms with Crippen molar-refractivity contribution in [2.24, 2.45) is 0 Å². The molecule has 9 heteroatoms. The molecule has 0 spiro atoms. The van der Waals surface area contributed by atoms with E-state index in [0.29, 0.717) is 24.4 Å². The third-order valence-corrected chi connectivity index (χ3v) is 6.84. The van der Waals surface area contributed by atoms with Gasteiger partial charge in [-0.05, 0) is 55.2 Å². The highest BCUT2D eigenvalue weighted by Crippen LogP contribution is 2.21. The number of sulfonamides is 1. The molecule has 1 atom stereocenters. The number of aryl methyl sites for hydroxylation is 1. The average Bonchev–Trinajstić information content (AvgIpc) is 2.82. The molecular formula is C26H37N3O5S. The number of carbonyl (C=O) groups excluding carboxylic acids is 2. The summed E-state index contributed by atoms with van der Waals surface area (Å²) >= 11 is 0. The molecule has 2 aromatic rings. The molecule has 2 amide bonds. The van der Waals surface area contributed by atoms with Crippen LogP contribution in [0, 0.1) is 6.92 Å². The van der Waals surface area contributed by atoms with Crippen LogP contribution >= 0.6 is 0 Å². The average molecular weight is 504 g/mol. The summed E-state index contributed by atoms with van der Waals surface area (Å²) in [5.41, 5.74) is 2.09. The Morgan fingerprint density at radius 3 is 2.31 bits per heavy atom. The SMILES string of the molecule is CCCCNC(=O)[C@H](CC)N(Cc1ccc(OC)cc1)C(=O)CN(c1cccc(C)c1)S(C)(=O)=O. The van der Waals surface area contributed by atoms with Gasteiger partial charge in [0.1, 0.15) is 18.3 Å². The Bertz CT molecular complexity index is 1090. The maximum atomic E-state index is 13.6. The van der Waals surface area contributed by atoms with Gasteiger partial charge in [0.25, 0.3) is 0 Å². The molecule has 0 aromatic heterocycles. The minimum Gasteiger partial charge on any atom is -0.497 e. The molecule has 2 aromatic carbocycles. The van der Waals surface area contributed by atoms with Crippen LogP contribution in [0.25, 0.3) is 0 Å². The first kappa shape index (κ1) is 28.2. The lowest BCUT2D eigenvalue weighted by atomic mass is 10.1. The van der Waals surface area contributed by atoms with Gasteiger partial charge in [0.2, 0.25) is 21.8 Å². The van der Waals surface area contributed by atoms with Crippen LogP contribution in [0.15, 0.2) is 48.5 Å². The zero-order chi connectivity index (χ0) is 26.0. The Kier molecular flexibility index (Phi) is 10.6. The second kappa shape index (κ2) is 13.1. The Morgan fingerprint density at radius 1 is 1.09 bits per heavy atom. The summed E-state index contributed by atoms with van der Waals surface area (Å²) in [7, 11) is -2.17. The molecule has 0 saturated heterocycles. The number of nitrogens with one attached hydrogen (secondary N) is 1. The fourth-order valence-corrected chi connectivity index (χ4v) is 4.59. The van der Waals surface area contributed by atoms with E-state index in [1.54, 1.807) is 37.4 Å². The van der Waals surface area contributed by atoms with Crippen molar-refractivity contribution in [3.63, 3.8) is 0 Å². The first-order valence-electron chi connectivity index (χ1n) is 11.8. The summed E-state index contributed by atoms with van der Waals surface area (Å²) in [5, 5.41) is 2.91. The third-order valence-electron chi connectivity index (χ3n) is 5.70. The number of nitrogens with zero attached hydrogens (tertiary/aromatic N) is 2. The molecule has 0 unspecified atom stereocenters. The molecule has 0 saturated carbocycles. The number of benzene rings is 2. The topological polar surface area (TPSA) is 96.0 Å². The van der Waals surface area contributed by atoms with Crippen molar-refractivity contribution in [2.45, 2.75) is 52.6 Å². The van der Waals surface area contributed by atoms with Crippen molar-refractivity contribution in [2.75, 3.05) is 30.8 Å². The van der Waals surface area contributed by atoms with Gasteiger partial charge in [0.15, 0.2) is 0 Å². The van der Waals surface area contributed by atoms with E-state index in [1.807, 2.05) is 39.0 Å². The largest absolute Gasteiger partial charge is 0.497 e. The Hall–Kier alpha value is -3.07. The van der Waals surface area contributed by atoms with Gasteiger partial charge in [-0.1, -0.05) is 44.5 Å². The van der Waals surface area contributed by atoms with Crippen LogP contribution in [0.4, 0.5) is 5.69 Å². The van der Waals surface area contributed by atoms with Gasteiger partial charge in [-0.3, -0.25) is 13.9 Å². The molecule has 0 fully saturated rings. The van der Waals surface area contributed by atoms with Gasteiger partial charge >= 0.3 is 0 Å². The smallest absolute Gasteiger partial charge is 0.244 e. The highest BCUT2D eigenvalue weighted by Gasteiger charge is 2.31. The molecule has 35 heavy (non-hydrogen) atoms. The van der Waals surface area contributed by atoms with E-state index >= 15 is 0 Å². The summed E-state index contributed by atoms with van der Waals surface area (Å²) in [5.74, 6) is -0.0202. The van der Waals surface area contributed by atoms with Crippen molar-refractivity contribution in [3.8, 4) is 5.75 Å². The summed E-state index contributed by atoms with van der Waals surface area (Å²) in [6.45, 7) is 6.01. The molecular weight excluding hydrogens is 466 g/mol. The molecule has 2 rings (SSSR count). The molecule has 192 valence electrons. The first-order chi connectivity index (χ1) is 16.6. The van der Waals surface area contributed by atoms with E-state index in [1.165, 1.54) is 4.90 Å². The summed E-state index contributed by atoms with van der Waals surface area (Å²) in [6, 6.07) is 13.5. The second-order valence-electron chi connectivity index (χ2n) is 8.55. The zero-order valence-corrected chi connectivity index (χ0v) is 22.1. The van der Waals surface area contributed by atoms with Crippen molar-refractivity contribution < 1.29 is 22.7 Å². The summed E-state index contributed by atoms with van der Waals surface area (Å²) in [6.07, 6.45) is 3.24. The molecule has 0 bridgehead atoms. The van der Waals surface area contributed by atoms with E-state index in [9.17, 15) is 18.0 Å². The maximum absolute atomic E-state index is 13.6. The van der Waals surface area contributed by atoms with Crippen molar-refractivity contribution in [1.82, 2.24) is 10.2 Å². The lowest BCUT2D eigenvalue weighted by Gasteiger charge is -2.33. The van der Waals surface area contributed by atoms with Crippen molar-refractivity contribution in [1.29, 1.82) is 0 Å². The van der Waals surface area contributed by atoms with Gasteiger partial charge < -0.3 is 15.0 Å². The Morgan fingerprint density at radius 2 is 1.77 bits per heavy atom. The number of carbonyl (C=O) groups is 2. The predicted octanol–water partition coefficient (Wildman–Crippen LogP) is 3.49. The number of anilines is 1. The monoisotopic (exact) mass is 503 g/mol. The van der Waals surface area contributed by atoms with E-state index in [2.05, 4.69) is 5.32 Å². The molecule has 0 heterocycles. The van der Waals surface area contributed by atoms with Crippen LogP contribution in [0.1, 0.15) is 44.2 Å². The fourth-order valence-electron chi connectivity index (χ4n) is 3.75. The van der Waals surface area contributed by atoms with Crippen LogP contribution in [-0.4, -0.2) is 57.6 Å². The van der Waals surface area contributed by atoms with Gasteiger partial charge in [0.05, 0.1) is 19.1 Å². The summed E-state index contributed by atoms with van der Waals surface area (Å²) in [4.78, 5) is 28.1. The first-order valence-corrected chi connectivity index (χ1v) is 13.7. The number of unbranched alkanes of at least 4 members (excludes halogenated alkanes) is 1. The van der Waals surface area contributed by atoms with E-state index < -0.39 is 28.5 Å². The van der Waals surface area contributed by atoms with Crippen LogP contribution in [-0.2, 0) is 26.2 Å². The molecule has 0 aliphatic carbocycles. The highest BCUT2D eigenvalue weighted by atomic mass is 32.2. The van der Waals surface area contributed by atoms with E-state index in [-0.39, 0.29) is 12.5 Å². The second-order valence-corrected chi connectivity index (χ2v) is 10.5. The zero-order valence-electron chi connectivity index (χ0n) is 21.3. The van der Waals surface area contributed by atoms with Crippen molar-refractivity contribution in [3.05, 3.63) is 59.7 Å². The van der Waals surface area contributed by atoms with Crippen LogP contribution in [0.2, 0.25) is 0 Å². The number of hydrogen-bond donors (Lipinski definition) is 1. The number of amides is 2. The number of hydrogen-bond acceptors (Lipinski definition) is 5. The molecule has 8 nitrogen and oxygen atoms in total. The number of rotatable bonds is 13. The number of methoxy groups -OCH3 is 1. The molecule has 1 N–H and O–H groups in total. The van der Waals surface area contributed by atoms with Gasteiger partial charge in [-0.25, -0.2) is 8.42 Å².